The van der Waals surface area contributed by atoms with Crippen LogP contribution in [0.5, 0.6) is 0 Å². The van der Waals surface area contributed by atoms with Crippen molar-refractivity contribution in [2.45, 2.75) is 46.1 Å². The number of carbonyl (C=O) groups excluding carboxylic acids is 1. The Morgan fingerprint density at radius 1 is 1.35 bits per heavy atom. The van der Waals surface area contributed by atoms with Gasteiger partial charge in [0.15, 0.2) is 0 Å². The minimum absolute atomic E-state index is 0.0128. The molecule has 17 heavy (non-hydrogen) atoms. The maximum atomic E-state index is 11.2. The minimum Gasteiger partial charge on any atom is -0.480 e. The molecule has 0 aromatic carbocycles. The van der Waals surface area contributed by atoms with E-state index in [-0.39, 0.29) is 6.54 Å². The Kier molecular flexibility index (Phi) is 7.54. The number of carboxylic acid groups (broad SMARTS) is 1. The Labute approximate surface area is 103 Å². The van der Waals surface area contributed by atoms with Crippen molar-refractivity contribution in [1.29, 1.82) is 0 Å². The van der Waals surface area contributed by atoms with Crippen molar-refractivity contribution in [1.82, 2.24) is 4.90 Å². The van der Waals surface area contributed by atoms with E-state index in [1.54, 1.807) is 4.90 Å². The molecule has 0 saturated heterocycles. The third-order valence-electron chi connectivity index (χ3n) is 2.52. The molecule has 0 spiro atoms. The molecule has 0 bridgehead atoms. The molecule has 0 heterocycles. The number of unbranched alkanes of at least 4 members (excludes halogenated alkanes) is 1. The van der Waals surface area contributed by atoms with Gasteiger partial charge in [0.05, 0.1) is 6.54 Å². The zero-order chi connectivity index (χ0) is 13.4. The van der Waals surface area contributed by atoms with E-state index in [2.05, 4.69) is 0 Å². The smallest absolute Gasteiger partial charge is 0.320 e. The highest BCUT2D eigenvalue weighted by atomic mass is 16.4. The Morgan fingerprint density at radius 3 is 2.29 bits per heavy atom. The number of rotatable bonds is 9. The van der Waals surface area contributed by atoms with E-state index in [4.69, 9.17) is 5.73 Å². The summed E-state index contributed by atoms with van der Waals surface area (Å²) >= 11 is 0. The molecule has 1 unspecified atom stereocenters. The van der Waals surface area contributed by atoms with Gasteiger partial charge in [-0.1, -0.05) is 33.6 Å². The zero-order valence-electron chi connectivity index (χ0n) is 11.0. The molecule has 0 aliphatic carbocycles. The monoisotopic (exact) mass is 244 g/mol. The average molecular weight is 244 g/mol. The predicted octanol–water partition coefficient (Wildman–Crippen LogP) is 1.07. The lowest BCUT2D eigenvalue weighted by Crippen LogP contribution is -2.47. The number of carbonyl (C=O) groups is 2. The first-order valence-corrected chi connectivity index (χ1v) is 6.13. The minimum atomic E-state index is -0.875. The lowest BCUT2D eigenvalue weighted by molar-refractivity contribution is -0.144. The number of amides is 1. The fourth-order valence-corrected chi connectivity index (χ4v) is 1.83. The molecule has 100 valence electrons. The van der Waals surface area contributed by atoms with E-state index in [1.165, 1.54) is 0 Å². The predicted molar refractivity (Wildman–Crippen MR) is 66.6 cm³/mol. The van der Waals surface area contributed by atoms with Crippen molar-refractivity contribution >= 4 is 11.9 Å². The normalized spacial score (nSPS) is 13.0. The summed E-state index contributed by atoms with van der Waals surface area (Å²) in [7, 11) is 0. The molecule has 0 rings (SSSR count). The molecule has 0 aliphatic heterocycles. The van der Waals surface area contributed by atoms with Crippen LogP contribution in [-0.2, 0) is 9.59 Å². The summed E-state index contributed by atoms with van der Waals surface area (Å²) in [5.74, 6) is -1.05. The molecule has 1 atom stereocenters. The molecule has 0 radical (unpaired) electrons. The SMILES string of the molecule is CCCCC(C(=O)O)N(CC(N)=O)CC(C)C. The standard InChI is InChI=1S/C12H24N2O3/c1-4-5-6-10(12(16)17)14(7-9(2)3)8-11(13)15/h9-10H,4-8H2,1-3H3,(H2,13,15)(H,16,17). The first kappa shape index (κ1) is 15.9. The van der Waals surface area contributed by atoms with Gasteiger partial charge >= 0.3 is 5.97 Å². The van der Waals surface area contributed by atoms with Gasteiger partial charge in [-0.25, -0.2) is 0 Å². The first-order chi connectivity index (χ1) is 7.88. The van der Waals surface area contributed by atoms with Gasteiger partial charge in [0.2, 0.25) is 5.91 Å². The van der Waals surface area contributed by atoms with Gasteiger partial charge in [-0.2, -0.15) is 0 Å². The molecular weight excluding hydrogens is 220 g/mol. The van der Waals surface area contributed by atoms with Crippen LogP contribution < -0.4 is 5.73 Å². The van der Waals surface area contributed by atoms with Crippen LogP contribution in [-0.4, -0.2) is 41.0 Å². The molecular formula is C12H24N2O3. The molecule has 0 aliphatic rings. The number of nitrogens with two attached hydrogens (primary N) is 1. The Hall–Kier alpha value is -1.10. The number of hydrogen-bond acceptors (Lipinski definition) is 3. The van der Waals surface area contributed by atoms with Crippen LogP contribution in [0.4, 0.5) is 0 Å². The summed E-state index contributed by atoms with van der Waals surface area (Å²) < 4.78 is 0. The van der Waals surface area contributed by atoms with E-state index >= 15 is 0 Å². The van der Waals surface area contributed by atoms with Gasteiger partial charge in [0, 0.05) is 6.54 Å². The third kappa shape index (κ3) is 6.94. The number of carboxylic acids is 1. The number of aliphatic carboxylic acids is 1. The van der Waals surface area contributed by atoms with E-state index in [0.717, 1.165) is 12.8 Å². The first-order valence-electron chi connectivity index (χ1n) is 6.13. The molecule has 5 nitrogen and oxygen atoms in total. The molecule has 0 fully saturated rings. The molecule has 3 N–H and O–H groups in total. The van der Waals surface area contributed by atoms with E-state index < -0.39 is 17.9 Å². The number of primary amides is 1. The van der Waals surface area contributed by atoms with E-state index in [1.807, 2.05) is 20.8 Å². The molecule has 0 saturated carbocycles. The van der Waals surface area contributed by atoms with Gasteiger partial charge < -0.3 is 10.8 Å². The Bertz CT molecular complexity index is 254. The van der Waals surface area contributed by atoms with Crippen molar-refractivity contribution < 1.29 is 14.7 Å². The van der Waals surface area contributed by atoms with E-state index in [0.29, 0.717) is 18.9 Å². The summed E-state index contributed by atoms with van der Waals surface area (Å²) in [6.07, 6.45) is 2.34. The summed E-state index contributed by atoms with van der Waals surface area (Å²) in [6, 6.07) is -0.607. The van der Waals surface area contributed by atoms with Crippen molar-refractivity contribution in [3.05, 3.63) is 0 Å². The van der Waals surface area contributed by atoms with Gasteiger partial charge in [0.1, 0.15) is 6.04 Å². The quantitative estimate of drug-likeness (QED) is 0.635. The Morgan fingerprint density at radius 2 is 1.94 bits per heavy atom. The van der Waals surface area contributed by atoms with Gasteiger partial charge in [0.25, 0.3) is 0 Å². The fourth-order valence-electron chi connectivity index (χ4n) is 1.83. The van der Waals surface area contributed by atoms with Crippen LogP contribution >= 0.6 is 0 Å². The zero-order valence-corrected chi connectivity index (χ0v) is 11.0. The number of hydrogen-bond donors (Lipinski definition) is 2. The van der Waals surface area contributed by atoms with Gasteiger partial charge in [-0.15, -0.1) is 0 Å². The maximum Gasteiger partial charge on any atom is 0.320 e. The number of nitrogens with zero attached hydrogens (tertiary/aromatic N) is 1. The highest BCUT2D eigenvalue weighted by Crippen LogP contribution is 2.11. The Balaban J connectivity index is 4.66. The van der Waals surface area contributed by atoms with E-state index in [9.17, 15) is 14.7 Å². The van der Waals surface area contributed by atoms with Crippen LogP contribution in [0.15, 0.2) is 0 Å². The molecule has 0 aromatic heterocycles. The van der Waals surface area contributed by atoms with Crippen LogP contribution in [0.2, 0.25) is 0 Å². The maximum absolute atomic E-state index is 11.2. The molecule has 5 heteroatoms. The van der Waals surface area contributed by atoms with Crippen molar-refractivity contribution in [3.63, 3.8) is 0 Å². The van der Waals surface area contributed by atoms with Crippen molar-refractivity contribution in [2.24, 2.45) is 11.7 Å². The van der Waals surface area contributed by atoms with Crippen LogP contribution in [0.1, 0.15) is 40.0 Å². The lowest BCUT2D eigenvalue weighted by Gasteiger charge is -2.29. The summed E-state index contributed by atoms with van der Waals surface area (Å²) in [6.45, 7) is 6.59. The van der Waals surface area contributed by atoms with Gasteiger partial charge in [-0.05, 0) is 12.3 Å². The summed E-state index contributed by atoms with van der Waals surface area (Å²) in [5.41, 5.74) is 5.16. The highest BCUT2D eigenvalue weighted by Gasteiger charge is 2.26. The topological polar surface area (TPSA) is 83.6 Å². The lowest BCUT2D eigenvalue weighted by atomic mass is 10.1. The summed E-state index contributed by atoms with van der Waals surface area (Å²) in [5, 5.41) is 9.20. The average Bonchev–Trinajstić information content (AvgIpc) is 2.15. The van der Waals surface area contributed by atoms with Crippen LogP contribution in [0.3, 0.4) is 0 Å². The third-order valence-corrected chi connectivity index (χ3v) is 2.52. The molecule has 1 amide bonds. The summed E-state index contributed by atoms with van der Waals surface area (Å²) in [4.78, 5) is 23.9. The second-order valence-electron chi connectivity index (χ2n) is 4.79. The fraction of sp³-hybridized carbons (Fsp3) is 0.833. The van der Waals surface area contributed by atoms with Crippen LogP contribution in [0, 0.1) is 5.92 Å². The largest absolute Gasteiger partial charge is 0.480 e. The van der Waals surface area contributed by atoms with Crippen molar-refractivity contribution in [3.8, 4) is 0 Å². The molecule has 0 aromatic rings. The van der Waals surface area contributed by atoms with Crippen LogP contribution in [0.25, 0.3) is 0 Å². The second kappa shape index (κ2) is 8.06. The second-order valence-corrected chi connectivity index (χ2v) is 4.79. The van der Waals surface area contributed by atoms with Gasteiger partial charge in [-0.3, -0.25) is 14.5 Å². The van der Waals surface area contributed by atoms with Crippen molar-refractivity contribution in [2.75, 3.05) is 13.1 Å². The highest BCUT2D eigenvalue weighted by molar-refractivity contribution is 5.78.